The van der Waals surface area contributed by atoms with Crippen LogP contribution in [-0.2, 0) is 27.1 Å². The van der Waals surface area contributed by atoms with E-state index in [-0.39, 0.29) is 5.69 Å². The zero-order valence-electron chi connectivity index (χ0n) is 19.5. The Bertz CT molecular complexity index is 1450. The molecule has 0 radical (unpaired) electrons. The number of amides is 1. The minimum absolute atomic E-state index is 0.00953. The van der Waals surface area contributed by atoms with Gasteiger partial charge < -0.3 is 14.8 Å². The van der Waals surface area contributed by atoms with Crippen LogP contribution in [0.15, 0.2) is 60.8 Å². The van der Waals surface area contributed by atoms with Crippen LogP contribution in [0.25, 0.3) is 11.0 Å². The lowest BCUT2D eigenvalue weighted by molar-refractivity contribution is -0.119. The van der Waals surface area contributed by atoms with Gasteiger partial charge in [0.25, 0.3) is 5.91 Å². The molecular weight excluding hydrogens is 478 g/mol. The summed E-state index contributed by atoms with van der Waals surface area (Å²) in [6.45, 7) is -0.525. The van der Waals surface area contributed by atoms with Crippen molar-refractivity contribution in [2.45, 2.75) is 25.2 Å². The number of ether oxygens (including phenoxy) is 2. The number of carbonyl (C=O) groups excluding carboxylic acids is 3. The third-order valence-corrected chi connectivity index (χ3v) is 7.34. The second kappa shape index (κ2) is 10.2. The van der Waals surface area contributed by atoms with Crippen LogP contribution in [0.2, 0.25) is 0 Å². The molecule has 1 N–H and O–H groups in total. The summed E-state index contributed by atoms with van der Waals surface area (Å²) >= 11 is 1.37. The lowest BCUT2D eigenvalue weighted by Gasteiger charge is -2.22. The third-order valence-electron chi connectivity index (χ3n) is 6.17. The number of benzene rings is 2. The molecule has 0 saturated carbocycles. The number of aromatic nitrogens is 2. The number of hydrogen-bond acceptors (Lipinski definition) is 8. The van der Waals surface area contributed by atoms with Gasteiger partial charge in [-0.3, -0.25) is 9.78 Å². The summed E-state index contributed by atoms with van der Waals surface area (Å²) < 4.78 is 10.2. The summed E-state index contributed by atoms with van der Waals surface area (Å²) in [5.74, 6) is -1.46. The molecule has 0 saturated heterocycles. The van der Waals surface area contributed by atoms with Crippen molar-refractivity contribution < 1.29 is 23.9 Å². The van der Waals surface area contributed by atoms with E-state index in [0.717, 1.165) is 23.3 Å². The summed E-state index contributed by atoms with van der Waals surface area (Å²) in [5.41, 5.74) is 3.76. The molecule has 0 spiro atoms. The number of nitrogens with one attached hydrogen (secondary N) is 1. The Kier molecular flexibility index (Phi) is 6.73. The first-order chi connectivity index (χ1) is 17.5. The molecule has 0 bridgehead atoms. The zero-order chi connectivity index (χ0) is 25.1. The number of nitrogens with zero attached hydrogens (tertiary/aromatic N) is 2. The van der Waals surface area contributed by atoms with Crippen molar-refractivity contribution in [2.75, 3.05) is 19.0 Å². The van der Waals surface area contributed by atoms with Crippen LogP contribution < -0.4 is 5.32 Å². The lowest BCUT2D eigenvalue weighted by atomic mass is 9.83. The molecule has 1 unspecified atom stereocenters. The number of para-hydroxylation sites is 2. The van der Waals surface area contributed by atoms with Gasteiger partial charge in [-0.1, -0.05) is 42.5 Å². The van der Waals surface area contributed by atoms with Crippen LogP contribution in [0.3, 0.4) is 0 Å². The van der Waals surface area contributed by atoms with Crippen molar-refractivity contribution in [2.24, 2.45) is 0 Å². The molecule has 8 nitrogen and oxygen atoms in total. The predicted molar refractivity (Wildman–Crippen MR) is 135 cm³/mol. The van der Waals surface area contributed by atoms with Gasteiger partial charge >= 0.3 is 11.9 Å². The Morgan fingerprint density at radius 2 is 1.78 bits per heavy atom. The van der Waals surface area contributed by atoms with Gasteiger partial charge in [0.2, 0.25) is 0 Å². The molecule has 9 heteroatoms. The average Bonchev–Trinajstić information content (AvgIpc) is 3.28. The maximum absolute atomic E-state index is 12.7. The van der Waals surface area contributed by atoms with Gasteiger partial charge in [0.05, 0.1) is 29.9 Å². The van der Waals surface area contributed by atoms with Crippen LogP contribution in [0.1, 0.15) is 49.2 Å². The molecule has 182 valence electrons. The number of anilines is 1. The average molecular weight is 502 g/mol. The van der Waals surface area contributed by atoms with Gasteiger partial charge in [-0.05, 0) is 48.4 Å². The molecule has 0 aliphatic heterocycles. The van der Waals surface area contributed by atoms with Crippen molar-refractivity contribution in [1.82, 2.24) is 9.97 Å². The van der Waals surface area contributed by atoms with E-state index in [4.69, 9.17) is 9.47 Å². The minimum atomic E-state index is -0.757. The van der Waals surface area contributed by atoms with Crippen LogP contribution in [0.4, 0.5) is 5.00 Å². The van der Waals surface area contributed by atoms with Crippen molar-refractivity contribution in [3.05, 3.63) is 88.1 Å². The largest absolute Gasteiger partial charge is 0.465 e. The highest BCUT2D eigenvalue weighted by Crippen LogP contribution is 2.42. The van der Waals surface area contributed by atoms with E-state index < -0.39 is 24.5 Å². The molecule has 2 heterocycles. The van der Waals surface area contributed by atoms with E-state index in [1.54, 1.807) is 18.2 Å². The highest BCUT2D eigenvalue weighted by atomic mass is 32.1. The number of thiophene rings is 1. The van der Waals surface area contributed by atoms with Gasteiger partial charge in [-0.25, -0.2) is 14.6 Å². The standard InChI is InChI=1S/C27H23N3O5S/c1-34-27(33)24-18-12-11-17(16-7-3-2-4-8-16)13-22(18)36-25(24)30-23(31)15-35-26(32)21-14-28-19-9-5-6-10-20(19)29-21/h2-10,14,17H,11-13,15H2,1H3,(H,30,31). The van der Waals surface area contributed by atoms with E-state index in [2.05, 4.69) is 27.4 Å². The van der Waals surface area contributed by atoms with Crippen LogP contribution in [0.5, 0.6) is 0 Å². The van der Waals surface area contributed by atoms with E-state index in [0.29, 0.717) is 33.9 Å². The molecular formula is C27H23N3O5S. The molecule has 1 amide bonds. The molecule has 1 atom stereocenters. The van der Waals surface area contributed by atoms with Gasteiger partial charge in [0.1, 0.15) is 5.00 Å². The van der Waals surface area contributed by atoms with Gasteiger partial charge in [-0.2, -0.15) is 0 Å². The SMILES string of the molecule is COC(=O)c1c(NC(=O)COC(=O)c2cnc3ccccc3n2)sc2c1CCC(c1ccccc1)C2. The quantitative estimate of drug-likeness (QED) is 0.386. The summed E-state index contributed by atoms with van der Waals surface area (Å²) in [5, 5.41) is 3.15. The number of carbonyl (C=O) groups is 3. The third kappa shape index (κ3) is 4.83. The predicted octanol–water partition coefficient (Wildman–Crippen LogP) is 4.55. The van der Waals surface area contributed by atoms with Gasteiger partial charge in [0.15, 0.2) is 12.3 Å². The number of esters is 2. The maximum atomic E-state index is 12.7. The lowest BCUT2D eigenvalue weighted by Crippen LogP contribution is -2.22. The van der Waals surface area contributed by atoms with Crippen LogP contribution in [-0.4, -0.2) is 41.5 Å². The Hall–Kier alpha value is -4.11. The fourth-order valence-electron chi connectivity index (χ4n) is 4.42. The summed E-state index contributed by atoms with van der Waals surface area (Å²) in [7, 11) is 1.32. The Balaban J connectivity index is 1.29. The first-order valence-corrected chi connectivity index (χ1v) is 12.3. The Morgan fingerprint density at radius 1 is 1.03 bits per heavy atom. The fourth-order valence-corrected chi connectivity index (χ4v) is 5.76. The minimum Gasteiger partial charge on any atom is -0.465 e. The van der Waals surface area contributed by atoms with Crippen LogP contribution in [0, 0.1) is 0 Å². The molecule has 5 rings (SSSR count). The first-order valence-electron chi connectivity index (χ1n) is 11.5. The van der Waals surface area contributed by atoms with E-state index in [1.807, 2.05) is 24.3 Å². The number of rotatable bonds is 6. The number of methoxy groups -OCH3 is 1. The van der Waals surface area contributed by atoms with Gasteiger partial charge in [-0.15, -0.1) is 11.3 Å². The summed E-state index contributed by atoms with van der Waals surface area (Å²) in [6.07, 6.45) is 3.70. The molecule has 0 fully saturated rings. The molecule has 2 aromatic heterocycles. The van der Waals surface area contributed by atoms with Crippen molar-refractivity contribution >= 4 is 45.2 Å². The Labute approximate surface area is 211 Å². The Morgan fingerprint density at radius 3 is 2.56 bits per heavy atom. The zero-order valence-corrected chi connectivity index (χ0v) is 20.3. The second-order valence-electron chi connectivity index (χ2n) is 8.42. The van der Waals surface area contributed by atoms with Crippen LogP contribution >= 0.6 is 11.3 Å². The summed E-state index contributed by atoms with van der Waals surface area (Å²) in [4.78, 5) is 47.1. The van der Waals surface area contributed by atoms with E-state index >= 15 is 0 Å². The smallest absolute Gasteiger partial charge is 0.359 e. The molecule has 36 heavy (non-hydrogen) atoms. The topological polar surface area (TPSA) is 107 Å². The summed E-state index contributed by atoms with van der Waals surface area (Å²) in [6, 6.07) is 17.4. The van der Waals surface area contributed by atoms with Gasteiger partial charge in [0, 0.05) is 4.88 Å². The fraction of sp³-hybridized carbons (Fsp3) is 0.222. The second-order valence-corrected chi connectivity index (χ2v) is 9.52. The first kappa shape index (κ1) is 23.6. The number of fused-ring (bicyclic) bond motifs is 2. The highest BCUT2D eigenvalue weighted by molar-refractivity contribution is 7.17. The van der Waals surface area contributed by atoms with E-state index in [1.165, 1.54) is 30.2 Å². The maximum Gasteiger partial charge on any atom is 0.359 e. The molecule has 2 aromatic carbocycles. The molecule has 1 aliphatic carbocycles. The van der Waals surface area contributed by atoms with Crippen molar-refractivity contribution in [3.8, 4) is 0 Å². The number of hydrogen-bond donors (Lipinski definition) is 1. The van der Waals surface area contributed by atoms with Crippen molar-refractivity contribution in [3.63, 3.8) is 0 Å². The molecule has 4 aromatic rings. The molecule has 1 aliphatic rings. The van der Waals surface area contributed by atoms with E-state index in [9.17, 15) is 14.4 Å². The van der Waals surface area contributed by atoms with Crippen molar-refractivity contribution in [1.29, 1.82) is 0 Å². The monoisotopic (exact) mass is 501 g/mol. The normalized spacial score (nSPS) is 14.6. The highest BCUT2D eigenvalue weighted by Gasteiger charge is 2.30.